The third-order valence-corrected chi connectivity index (χ3v) is 7.99. The van der Waals surface area contributed by atoms with Gasteiger partial charge >= 0.3 is 12.1 Å². The van der Waals surface area contributed by atoms with Crippen molar-refractivity contribution in [3.63, 3.8) is 0 Å². The number of carbonyl (C=O) groups excluding carboxylic acids is 3. The number of nitrogens with zero attached hydrogens (tertiary/aromatic N) is 3. The minimum atomic E-state index is -1.34. The highest BCUT2D eigenvalue weighted by molar-refractivity contribution is 8.01. The number of esters is 1. The summed E-state index contributed by atoms with van der Waals surface area (Å²) in [6, 6.07) is 5.95. The Hall–Kier alpha value is -2.79. The van der Waals surface area contributed by atoms with Crippen LogP contribution in [0.25, 0.3) is 0 Å². The van der Waals surface area contributed by atoms with Gasteiger partial charge in [0, 0.05) is 23.9 Å². The zero-order valence-corrected chi connectivity index (χ0v) is 21.3. The number of hydrogen-bond donors (Lipinski definition) is 0. The van der Waals surface area contributed by atoms with Crippen LogP contribution in [0.5, 0.6) is 5.75 Å². The molecule has 2 fully saturated rings. The molecule has 4 rings (SSSR count). The minimum Gasteiger partial charge on any atom is -0.497 e. The Morgan fingerprint density at radius 2 is 1.91 bits per heavy atom. The number of likely N-dealkylation sites (tertiary alicyclic amines) is 1. The Morgan fingerprint density at radius 3 is 2.47 bits per heavy atom. The van der Waals surface area contributed by atoms with Gasteiger partial charge in [-0.05, 0) is 38.5 Å². The number of β-lactam (4-membered cyclic amide) rings is 1. The van der Waals surface area contributed by atoms with E-state index in [1.54, 1.807) is 39.0 Å². The SMILES string of the molecule is COC(=O)[C@@H]1CS[C@]2(C(=O)N(Cc3ccc(OC)cc3)[C@@H]2c2nccs2)N1C(=O)OC(C)(C)C. The maximum absolute atomic E-state index is 13.8. The summed E-state index contributed by atoms with van der Waals surface area (Å²) in [5.74, 6) is 0.0749. The summed E-state index contributed by atoms with van der Waals surface area (Å²) in [6.45, 7) is 5.54. The number of benzene rings is 1. The fraction of sp³-hybridized carbons (Fsp3) is 0.478. The van der Waals surface area contributed by atoms with E-state index in [2.05, 4.69) is 4.98 Å². The van der Waals surface area contributed by atoms with Crippen LogP contribution in [0.4, 0.5) is 4.79 Å². The average Bonchev–Trinajstić information content (AvgIpc) is 3.47. The summed E-state index contributed by atoms with van der Waals surface area (Å²) in [5.41, 5.74) is 0.0974. The maximum atomic E-state index is 13.8. The number of carbonyl (C=O) groups is 3. The van der Waals surface area contributed by atoms with Gasteiger partial charge in [-0.25, -0.2) is 14.6 Å². The lowest BCUT2D eigenvalue weighted by Crippen LogP contribution is -2.74. The van der Waals surface area contributed by atoms with Crippen molar-refractivity contribution >= 4 is 41.1 Å². The lowest BCUT2D eigenvalue weighted by molar-refractivity contribution is -0.169. The molecule has 0 unspecified atom stereocenters. The molecule has 0 aliphatic carbocycles. The first-order valence-corrected chi connectivity index (χ1v) is 12.6. The van der Waals surface area contributed by atoms with Gasteiger partial charge in [-0.3, -0.25) is 9.69 Å². The van der Waals surface area contributed by atoms with Gasteiger partial charge in [0.05, 0.1) is 14.2 Å². The molecule has 0 N–H and O–H groups in total. The molecule has 34 heavy (non-hydrogen) atoms. The number of thiazole rings is 1. The molecule has 1 aromatic carbocycles. The van der Waals surface area contributed by atoms with Crippen LogP contribution in [0.2, 0.25) is 0 Å². The summed E-state index contributed by atoms with van der Waals surface area (Å²) in [6.07, 6.45) is 0.934. The molecule has 9 nitrogen and oxygen atoms in total. The Kier molecular flexibility index (Phi) is 6.52. The van der Waals surface area contributed by atoms with Crippen molar-refractivity contribution in [2.45, 2.75) is 49.9 Å². The largest absolute Gasteiger partial charge is 0.497 e. The summed E-state index contributed by atoms with van der Waals surface area (Å²) < 4.78 is 15.8. The van der Waals surface area contributed by atoms with Crippen molar-refractivity contribution in [2.24, 2.45) is 0 Å². The second kappa shape index (κ2) is 9.10. The van der Waals surface area contributed by atoms with Crippen molar-refractivity contribution < 1.29 is 28.6 Å². The first-order valence-electron chi connectivity index (χ1n) is 10.7. The highest BCUT2D eigenvalue weighted by Crippen LogP contribution is 2.59. The monoisotopic (exact) mass is 505 g/mol. The molecular formula is C23H27N3O6S2. The number of thioether (sulfide) groups is 1. The normalized spacial score (nSPS) is 24.2. The molecule has 0 bridgehead atoms. The second-order valence-electron chi connectivity index (χ2n) is 8.95. The summed E-state index contributed by atoms with van der Waals surface area (Å²) in [7, 11) is 2.86. The van der Waals surface area contributed by atoms with Crippen LogP contribution in [-0.4, -0.2) is 69.2 Å². The summed E-state index contributed by atoms with van der Waals surface area (Å²) >= 11 is 2.66. The van der Waals surface area contributed by atoms with Crippen molar-refractivity contribution in [3.05, 3.63) is 46.4 Å². The van der Waals surface area contributed by atoms with Crippen molar-refractivity contribution in [1.82, 2.24) is 14.8 Å². The quantitative estimate of drug-likeness (QED) is 0.450. The van der Waals surface area contributed by atoms with E-state index >= 15 is 0 Å². The molecule has 1 aromatic heterocycles. The molecule has 182 valence electrons. The van der Waals surface area contributed by atoms with Crippen LogP contribution in [0.3, 0.4) is 0 Å². The van der Waals surface area contributed by atoms with Gasteiger partial charge in [0.25, 0.3) is 5.91 Å². The van der Waals surface area contributed by atoms with Gasteiger partial charge in [-0.15, -0.1) is 23.1 Å². The van der Waals surface area contributed by atoms with Gasteiger partial charge in [-0.2, -0.15) is 0 Å². The molecular weight excluding hydrogens is 478 g/mol. The van der Waals surface area contributed by atoms with Gasteiger partial charge in [0.2, 0.25) is 0 Å². The van der Waals surface area contributed by atoms with E-state index in [0.29, 0.717) is 11.6 Å². The molecule has 2 aliphatic rings. The van der Waals surface area contributed by atoms with Crippen LogP contribution in [0, 0.1) is 0 Å². The van der Waals surface area contributed by atoms with Crippen molar-refractivity contribution in [3.8, 4) is 5.75 Å². The standard InChI is InChI=1S/C23H27N3O6S2/c1-22(2,3)32-21(29)26-16(19(27)31-5)13-34-23(26)17(18-24-10-11-33-18)25(20(23)28)12-14-6-8-15(30-4)9-7-14/h6-11,16-17H,12-13H2,1-5H3/t16-,17+,23+/m0/s1. The lowest BCUT2D eigenvalue weighted by Gasteiger charge is -2.56. The maximum Gasteiger partial charge on any atom is 0.412 e. The van der Waals surface area contributed by atoms with Crippen LogP contribution in [-0.2, 0) is 25.6 Å². The number of hydrogen-bond acceptors (Lipinski definition) is 9. The Balaban J connectivity index is 1.73. The molecule has 3 heterocycles. The van der Waals surface area contributed by atoms with E-state index in [1.165, 1.54) is 35.1 Å². The van der Waals surface area contributed by atoms with Gasteiger partial charge in [0.1, 0.15) is 28.4 Å². The van der Waals surface area contributed by atoms with Gasteiger partial charge in [-0.1, -0.05) is 12.1 Å². The molecule has 11 heteroatoms. The smallest absolute Gasteiger partial charge is 0.412 e. The zero-order chi connectivity index (χ0) is 24.7. The number of ether oxygens (including phenoxy) is 3. The molecule has 2 aromatic rings. The molecule has 2 aliphatic heterocycles. The van der Waals surface area contributed by atoms with E-state index in [4.69, 9.17) is 14.2 Å². The van der Waals surface area contributed by atoms with Crippen LogP contribution in [0.15, 0.2) is 35.8 Å². The van der Waals surface area contributed by atoms with Crippen LogP contribution >= 0.6 is 23.1 Å². The fourth-order valence-electron chi connectivity index (χ4n) is 4.19. The van der Waals surface area contributed by atoms with Crippen molar-refractivity contribution in [2.75, 3.05) is 20.0 Å². The number of aromatic nitrogens is 1. The lowest BCUT2D eigenvalue weighted by atomic mass is 9.90. The number of methoxy groups -OCH3 is 2. The van der Waals surface area contributed by atoms with Crippen LogP contribution in [0.1, 0.15) is 37.4 Å². The Bertz CT molecular complexity index is 1070. The zero-order valence-electron chi connectivity index (χ0n) is 19.6. The molecule has 3 atom stereocenters. The predicted molar refractivity (Wildman–Crippen MR) is 127 cm³/mol. The third kappa shape index (κ3) is 4.11. The summed E-state index contributed by atoms with van der Waals surface area (Å²) in [5, 5.41) is 2.51. The molecule has 0 radical (unpaired) electrons. The summed E-state index contributed by atoms with van der Waals surface area (Å²) in [4.78, 5) is 45.9. The van der Waals surface area contributed by atoms with E-state index in [9.17, 15) is 14.4 Å². The van der Waals surface area contributed by atoms with E-state index < -0.39 is 34.6 Å². The van der Waals surface area contributed by atoms with E-state index in [1.807, 2.05) is 29.6 Å². The fourth-order valence-corrected chi connectivity index (χ4v) is 6.75. The average molecular weight is 506 g/mol. The number of amides is 2. The number of rotatable bonds is 5. The molecule has 2 saturated heterocycles. The highest BCUT2D eigenvalue weighted by Gasteiger charge is 2.72. The Labute approximate surface area is 206 Å². The predicted octanol–water partition coefficient (Wildman–Crippen LogP) is 3.46. The third-order valence-electron chi connectivity index (χ3n) is 5.64. The van der Waals surface area contributed by atoms with E-state index in [0.717, 1.165) is 11.3 Å². The molecule has 2 amide bonds. The second-order valence-corrected chi connectivity index (χ2v) is 11.1. The first-order chi connectivity index (χ1) is 16.1. The van der Waals surface area contributed by atoms with Gasteiger partial charge < -0.3 is 19.1 Å². The van der Waals surface area contributed by atoms with Crippen LogP contribution < -0.4 is 4.74 Å². The molecule has 0 saturated carbocycles. The van der Waals surface area contributed by atoms with Gasteiger partial charge in [0.15, 0.2) is 4.87 Å². The molecule has 1 spiro atoms. The first kappa shape index (κ1) is 24.3. The minimum absolute atomic E-state index is 0.218. The topological polar surface area (TPSA) is 98.3 Å². The van der Waals surface area contributed by atoms with Crippen molar-refractivity contribution in [1.29, 1.82) is 0 Å². The Morgan fingerprint density at radius 1 is 1.21 bits per heavy atom. The van der Waals surface area contributed by atoms with E-state index in [-0.39, 0.29) is 11.7 Å². The highest BCUT2D eigenvalue weighted by atomic mass is 32.2.